The summed E-state index contributed by atoms with van der Waals surface area (Å²) in [5, 5.41) is 14.5. The number of nitrogens with zero attached hydrogens (tertiary/aromatic N) is 2. The quantitative estimate of drug-likeness (QED) is 0.456. The smallest absolute Gasteiger partial charge is 0.313 e. The van der Waals surface area contributed by atoms with Gasteiger partial charge in [-0.25, -0.2) is 9.97 Å². The summed E-state index contributed by atoms with van der Waals surface area (Å²) >= 11 is 15.2. The van der Waals surface area contributed by atoms with Gasteiger partial charge in [-0.2, -0.15) is 0 Å². The largest absolute Gasteiger partial charge is 0.481 e. The zero-order valence-corrected chi connectivity index (χ0v) is 18.6. The maximum Gasteiger partial charge on any atom is 0.313 e. The van der Waals surface area contributed by atoms with Crippen LogP contribution < -0.4 is 5.32 Å². The first-order valence-electron chi connectivity index (χ1n) is 9.30. The van der Waals surface area contributed by atoms with E-state index >= 15 is 0 Å². The second-order valence-electron chi connectivity index (χ2n) is 6.87. The van der Waals surface area contributed by atoms with Gasteiger partial charge in [-0.05, 0) is 48.9 Å². The molecule has 0 bridgehead atoms. The first kappa shape index (κ1) is 20.7. The number of aliphatic carboxylic acids is 1. The predicted molar refractivity (Wildman–Crippen MR) is 122 cm³/mol. The molecule has 0 saturated heterocycles. The van der Waals surface area contributed by atoms with Crippen LogP contribution in [-0.2, 0) is 29.9 Å². The van der Waals surface area contributed by atoms with Crippen molar-refractivity contribution >= 4 is 68.3 Å². The Bertz CT molecular complexity index is 1070. The summed E-state index contributed by atoms with van der Waals surface area (Å²) in [6, 6.07) is 5.57. The number of benzene rings is 1. The Morgan fingerprint density at radius 3 is 2.83 bits per heavy atom. The maximum atomic E-state index is 10.8. The van der Waals surface area contributed by atoms with E-state index in [1.54, 1.807) is 17.4 Å². The van der Waals surface area contributed by atoms with Gasteiger partial charge in [0.1, 0.15) is 16.5 Å². The molecule has 1 aromatic carbocycles. The monoisotopic (exact) mass is 467 g/mol. The molecule has 2 aromatic heterocycles. The van der Waals surface area contributed by atoms with E-state index < -0.39 is 5.97 Å². The molecule has 0 fully saturated rings. The number of halogens is 2. The lowest BCUT2D eigenvalue weighted by Gasteiger charge is -2.13. The highest BCUT2D eigenvalue weighted by atomic mass is 35.5. The van der Waals surface area contributed by atoms with Crippen molar-refractivity contribution in [3.63, 3.8) is 0 Å². The minimum Gasteiger partial charge on any atom is -0.481 e. The third kappa shape index (κ3) is 4.79. The minimum absolute atomic E-state index is 0.0361. The fraction of sp³-hybridized carbons (Fsp3) is 0.350. The summed E-state index contributed by atoms with van der Waals surface area (Å²) < 4.78 is 0. The van der Waals surface area contributed by atoms with E-state index in [1.165, 1.54) is 35.0 Å². The highest BCUT2D eigenvalue weighted by Gasteiger charge is 2.21. The Hall–Kier alpha value is -1.54. The fourth-order valence-electron chi connectivity index (χ4n) is 3.46. The third-order valence-electron chi connectivity index (χ3n) is 4.76. The number of hydrogen-bond donors (Lipinski definition) is 2. The number of thiophene rings is 1. The van der Waals surface area contributed by atoms with Crippen molar-refractivity contribution in [1.29, 1.82) is 0 Å². The van der Waals surface area contributed by atoms with E-state index in [4.69, 9.17) is 38.3 Å². The van der Waals surface area contributed by atoms with Gasteiger partial charge in [0.25, 0.3) is 0 Å². The van der Waals surface area contributed by atoms with Crippen LogP contribution in [0.1, 0.15) is 34.7 Å². The Balaban J connectivity index is 1.65. The molecule has 1 aliphatic carbocycles. The summed E-state index contributed by atoms with van der Waals surface area (Å²) in [5.74, 6) is 1.13. The Morgan fingerprint density at radius 2 is 2.03 bits per heavy atom. The number of nitrogens with one attached hydrogen (secondary N) is 1. The molecule has 0 atom stereocenters. The van der Waals surface area contributed by atoms with Crippen molar-refractivity contribution in [1.82, 2.24) is 9.97 Å². The van der Waals surface area contributed by atoms with Gasteiger partial charge in [-0.15, -0.1) is 23.1 Å². The van der Waals surface area contributed by atoms with Crippen molar-refractivity contribution in [3.05, 3.63) is 50.1 Å². The number of fused-ring (bicyclic) bond motifs is 3. The minimum atomic E-state index is -0.833. The lowest BCUT2D eigenvalue weighted by atomic mass is 9.97. The van der Waals surface area contributed by atoms with Gasteiger partial charge in [-0.1, -0.05) is 29.3 Å². The van der Waals surface area contributed by atoms with Crippen LogP contribution in [0.25, 0.3) is 10.2 Å². The molecule has 2 N–H and O–H groups in total. The predicted octanol–water partition coefficient (Wildman–Crippen LogP) is 5.81. The van der Waals surface area contributed by atoms with E-state index in [2.05, 4.69) is 5.32 Å². The highest BCUT2D eigenvalue weighted by Crippen LogP contribution is 2.39. The SMILES string of the molecule is O=C(O)CSCc1nc(NCc2ccc(Cl)c(Cl)c2)c2c3c(sc2n1)CCCC3. The summed E-state index contributed by atoms with van der Waals surface area (Å²) in [6.07, 6.45) is 4.53. The van der Waals surface area contributed by atoms with Gasteiger partial charge in [-0.3, -0.25) is 4.79 Å². The number of rotatable bonds is 7. The normalized spacial score (nSPS) is 13.4. The topological polar surface area (TPSA) is 75.1 Å². The van der Waals surface area contributed by atoms with Crippen molar-refractivity contribution < 1.29 is 9.90 Å². The molecule has 2 heterocycles. The molecule has 0 unspecified atom stereocenters. The number of carboxylic acid groups (broad SMARTS) is 1. The second-order valence-corrected chi connectivity index (χ2v) is 9.75. The molecule has 0 spiro atoms. The Labute approximate surface area is 186 Å². The average Bonchev–Trinajstić information content (AvgIpc) is 3.07. The van der Waals surface area contributed by atoms with Crippen LogP contribution >= 0.6 is 46.3 Å². The summed E-state index contributed by atoms with van der Waals surface area (Å²) in [5.41, 5.74) is 2.37. The number of thioether (sulfide) groups is 1. The van der Waals surface area contributed by atoms with Crippen LogP contribution in [0.4, 0.5) is 5.82 Å². The van der Waals surface area contributed by atoms with Crippen LogP contribution in [0.15, 0.2) is 18.2 Å². The molecule has 0 aliphatic heterocycles. The first-order valence-corrected chi connectivity index (χ1v) is 12.0. The van der Waals surface area contributed by atoms with Crippen LogP contribution in [0, 0.1) is 0 Å². The number of hydrogen-bond acceptors (Lipinski definition) is 6. The average molecular weight is 468 g/mol. The number of carbonyl (C=O) groups is 1. The Kier molecular flexibility index (Phi) is 6.49. The van der Waals surface area contributed by atoms with E-state index in [-0.39, 0.29) is 5.75 Å². The van der Waals surface area contributed by atoms with Crippen molar-refractivity contribution in [2.45, 2.75) is 38.0 Å². The molecule has 4 rings (SSSR count). The van der Waals surface area contributed by atoms with Crippen molar-refractivity contribution in [2.75, 3.05) is 11.1 Å². The van der Waals surface area contributed by atoms with Crippen molar-refractivity contribution in [2.24, 2.45) is 0 Å². The molecule has 3 aromatic rings. The molecular weight excluding hydrogens is 449 g/mol. The molecule has 29 heavy (non-hydrogen) atoms. The Morgan fingerprint density at radius 1 is 1.21 bits per heavy atom. The molecule has 5 nitrogen and oxygen atoms in total. The second kappa shape index (κ2) is 9.08. The summed E-state index contributed by atoms with van der Waals surface area (Å²) in [7, 11) is 0. The third-order valence-corrected chi connectivity index (χ3v) is 7.60. The lowest BCUT2D eigenvalue weighted by Crippen LogP contribution is -2.07. The standard InChI is InChI=1S/C20H19Cl2N3O2S2/c21-13-6-5-11(7-14(13)22)8-23-19-18-12-3-1-2-4-15(12)29-20(18)25-16(24-19)9-28-10-17(26)27/h5-7H,1-4,8-10H2,(H,26,27)(H,23,24,25). The first-order chi connectivity index (χ1) is 14.0. The van der Waals surface area contributed by atoms with Crippen LogP contribution in [-0.4, -0.2) is 26.8 Å². The highest BCUT2D eigenvalue weighted by molar-refractivity contribution is 7.99. The maximum absolute atomic E-state index is 10.8. The fourth-order valence-corrected chi connectivity index (χ4v) is 5.65. The summed E-state index contributed by atoms with van der Waals surface area (Å²) in [6.45, 7) is 0.565. The molecule has 0 amide bonds. The van der Waals surface area contributed by atoms with Gasteiger partial charge in [0.05, 0.1) is 26.9 Å². The summed E-state index contributed by atoms with van der Waals surface area (Å²) in [4.78, 5) is 22.7. The zero-order chi connectivity index (χ0) is 20.4. The van der Waals surface area contributed by atoms with E-state index in [9.17, 15) is 4.79 Å². The lowest BCUT2D eigenvalue weighted by molar-refractivity contribution is -0.133. The van der Waals surface area contributed by atoms with Crippen molar-refractivity contribution in [3.8, 4) is 0 Å². The van der Waals surface area contributed by atoms with Gasteiger partial charge in [0.2, 0.25) is 0 Å². The van der Waals surface area contributed by atoms with Crippen LogP contribution in [0.2, 0.25) is 10.0 Å². The van der Waals surface area contributed by atoms with Crippen LogP contribution in [0.5, 0.6) is 0 Å². The van der Waals surface area contributed by atoms with Gasteiger partial charge < -0.3 is 10.4 Å². The zero-order valence-electron chi connectivity index (χ0n) is 15.5. The van der Waals surface area contributed by atoms with E-state index in [0.717, 1.165) is 34.4 Å². The molecular formula is C20H19Cl2N3O2S2. The number of aryl methyl sites for hydroxylation is 2. The van der Waals surface area contributed by atoms with E-state index in [1.807, 2.05) is 12.1 Å². The van der Waals surface area contributed by atoms with Crippen LogP contribution in [0.3, 0.4) is 0 Å². The van der Waals surface area contributed by atoms with E-state index in [0.29, 0.717) is 28.2 Å². The molecule has 1 aliphatic rings. The number of aromatic nitrogens is 2. The molecule has 9 heteroatoms. The molecule has 0 saturated carbocycles. The van der Waals surface area contributed by atoms with Gasteiger partial charge in [0.15, 0.2) is 0 Å². The number of anilines is 1. The molecule has 152 valence electrons. The van der Waals surface area contributed by atoms with Gasteiger partial charge in [0, 0.05) is 11.4 Å². The van der Waals surface area contributed by atoms with Gasteiger partial charge >= 0.3 is 5.97 Å². The number of carboxylic acids is 1. The molecule has 0 radical (unpaired) electrons.